The van der Waals surface area contributed by atoms with Gasteiger partial charge in [0.25, 0.3) is 5.91 Å². The number of Topliss-reactive ketones (excluding diaryl/α,β-unsaturated/α-hetero) is 1. The highest BCUT2D eigenvalue weighted by molar-refractivity contribution is 6.10. The first-order valence-electron chi connectivity index (χ1n) is 8.64. The Morgan fingerprint density at radius 2 is 1.89 bits per heavy atom. The van der Waals surface area contributed by atoms with E-state index in [2.05, 4.69) is 25.5 Å². The van der Waals surface area contributed by atoms with E-state index in [1.165, 1.54) is 6.92 Å². The number of amides is 1. The number of carbonyl (C=O) groups excluding carboxylic acids is 2. The molecule has 3 N–H and O–H groups in total. The quantitative estimate of drug-likeness (QED) is 0.429. The number of ketones is 1. The van der Waals surface area contributed by atoms with Crippen LogP contribution in [0.1, 0.15) is 13.8 Å². The highest BCUT2D eigenvalue weighted by Crippen LogP contribution is 2.27. The molecule has 9 heteroatoms. The molecule has 1 atom stereocenters. The minimum absolute atomic E-state index is 0.346. The van der Waals surface area contributed by atoms with Crippen molar-refractivity contribution in [2.75, 3.05) is 11.9 Å². The number of anilines is 1. The second-order valence-electron chi connectivity index (χ2n) is 5.96. The fraction of sp³-hybridized carbons (Fsp3) is 0.211. The number of azo groups is 1. The van der Waals surface area contributed by atoms with E-state index in [9.17, 15) is 14.4 Å². The molecule has 9 nitrogen and oxygen atoms in total. The second-order valence-corrected chi connectivity index (χ2v) is 5.96. The number of hydrogen-bond donors (Lipinski definition) is 3. The summed E-state index contributed by atoms with van der Waals surface area (Å²) in [5, 5.41) is 10.6. The van der Waals surface area contributed by atoms with Crippen molar-refractivity contribution in [3.05, 3.63) is 52.9 Å². The molecule has 1 unspecified atom stereocenters. The lowest BCUT2D eigenvalue weighted by atomic mass is 10.2. The summed E-state index contributed by atoms with van der Waals surface area (Å²) in [5.41, 5.74) is 1.65. The van der Waals surface area contributed by atoms with Gasteiger partial charge in [0.15, 0.2) is 5.78 Å². The molecule has 0 saturated carbocycles. The van der Waals surface area contributed by atoms with Gasteiger partial charge in [-0.15, -0.1) is 0 Å². The summed E-state index contributed by atoms with van der Waals surface area (Å²) in [6.45, 7) is 3.56. The van der Waals surface area contributed by atoms with Crippen molar-refractivity contribution >= 4 is 34.1 Å². The largest absolute Gasteiger partial charge is 0.492 e. The number of imidazole rings is 1. The van der Waals surface area contributed by atoms with Gasteiger partial charge in [-0.05, 0) is 44.2 Å². The highest BCUT2D eigenvalue weighted by atomic mass is 16.5. The second kappa shape index (κ2) is 8.30. The number of rotatable bonds is 7. The zero-order valence-corrected chi connectivity index (χ0v) is 15.4. The van der Waals surface area contributed by atoms with Crippen LogP contribution in [0.25, 0.3) is 11.0 Å². The third-order valence-electron chi connectivity index (χ3n) is 3.86. The Balaban J connectivity index is 1.80. The first-order chi connectivity index (χ1) is 13.5. The minimum Gasteiger partial charge on any atom is -0.492 e. The van der Waals surface area contributed by atoms with E-state index >= 15 is 0 Å². The molecule has 0 fully saturated rings. The average Bonchev–Trinajstić information content (AvgIpc) is 3.02. The van der Waals surface area contributed by atoms with Crippen LogP contribution in [0.4, 0.5) is 11.4 Å². The molecule has 1 amide bonds. The number of aromatic nitrogens is 2. The van der Waals surface area contributed by atoms with Gasteiger partial charge in [-0.1, -0.05) is 12.1 Å². The number of nitrogens with zero attached hydrogens (tertiary/aromatic N) is 2. The van der Waals surface area contributed by atoms with Crippen molar-refractivity contribution in [3.8, 4) is 5.75 Å². The van der Waals surface area contributed by atoms with Gasteiger partial charge < -0.3 is 20.0 Å². The molecule has 2 aromatic carbocycles. The third kappa shape index (κ3) is 4.32. The average molecular weight is 381 g/mol. The van der Waals surface area contributed by atoms with Crippen LogP contribution < -0.4 is 15.7 Å². The van der Waals surface area contributed by atoms with Crippen molar-refractivity contribution in [2.24, 2.45) is 10.2 Å². The van der Waals surface area contributed by atoms with E-state index in [-0.39, 0.29) is 5.69 Å². The number of nitrogens with one attached hydrogen (secondary N) is 3. The molecule has 3 aromatic rings. The number of H-pyrrole nitrogens is 2. The molecular weight excluding hydrogens is 362 g/mol. The predicted molar refractivity (Wildman–Crippen MR) is 104 cm³/mol. The molecule has 0 radical (unpaired) electrons. The molecule has 0 spiro atoms. The Hall–Kier alpha value is -3.75. The smallest absolute Gasteiger partial charge is 0.323 e. The van der Waals surface area contributed by atoms with Gasteiger partial charge in [0.05, 0.1) is 17.6 Å². The van der Waals surface area contributed by atoms with E-state index in [1.54, 1.807) is 42.5 Å². The molecule has 1 aromatic heterocycles. The van der Waals surface area contributed by atoms with Crippen LogP contribution in [-0.4, -0.2) is 34.3 Å². The first kappa shape index (κ1) is 19.0. The van der Waals surface area contributed by atoms with Gasteiger partial charge in [0.2, 0.25) is 6.04 Å². The Kier molecular flexibility index (Phi) is 5.64. The molecule has 0 aliphatic heterocycles. The van der Waals surface area contributed by atoms with Gasteiger partial charge in [0.1, 0.15) is 11.4 Å². The summed E-state index contributed by atoms with van der Waals surface area (Å²) < 4.78 is 5.46. The normalized spacial score (nSPS) is 12.2. The number of aromatic amines is 2. The van der Waals surface area contributed by atoms with Crippen molar-refractivity contribution in [1.29, 1.82) is 0 Å². The maximum Gasteiger partial charge on any atom is 0.323 e. The van der Waals surface area contributed by atoms with Crippen molar-refractivity contribution in [3.63, 3.8) is 0 Å². The molecule has 0 saturated heterocycles. The molecular formula is C19H19N5O4. The Labute approximate surface area is 159 Å². The summed E-state index contributed by atoms with van der Waals surface area (Å²) in [5.74, 6) is -0.563. The zero-order chi connectivity index (χ0) is 20.1. The van der Waals surface area contributed by atoms with Crippen LogP contribution in [0.5, 0.6) is 5.75 Å². The summed E-state index contributed by atoms with van der Waals surface area (Å²) in [6.07, 6.45) is 0. The molecule has 0 bridgehead atoms. The highest BCUT2D eigenvalue weighted by Gasteiger charge is 2.23. The maximum absolute atomic E-state index is 12.5. The van der Waals surface area contributed by atoms with E-state index in [0.29, 0.717) is 34.8 Å². The van der Waals surface area contributed by atoms with Gasteiger partial charge in [-0.3, -0.25) is 9.59 Å². The van der Waals surface area contributed by atoms with E-state index < -0.39 is 17.7 Å². The first-order valence-corrected chi connectivity index (χ1v) is 8.64. The van der Waals surface area contributed by atoms with Crippen molar-refractivity contribution in [2.45, 2.75) is 19.9 Å². The SMILES string of the molecule is CCOc1ccccc1/N=N/C(C(C)=O)C(=O)Nc1ccc2[nH]c(=O)[nH]c2c1. The lowest BCUT2D eigenvalue weighted by molar-refractivity contribution is -0.126. The lowest BCUT2D eigenvalue weighted by Crippen LogP contribution is -2.31. The van der Waals surface area contributed by atoms with Crippen LogP contribution in [0.2, 0.25) is 0 Å². The zero-order valence-electron chi connectivity index (χ0n) is 15.4. The molecule has 144 valence electrons. The lowest BCUT2D eigenvalue weighted by Gasteiger charge is -2.10. The number of fused-ring (bicyclic) bond motifs is 1. The Bertz CT molecular complexity index is 1100. The summed E-state index contributed by atoms with van der Waals surface area (Å²) in [4.78, 5) is 41.0. The Morgan fingerprint density at radius 3 is 2.64 bits per heavy atom. The fourth-order valence-corrected chi connectivity index (χ4v) is 2.58. The third-order valence-corrected chi connectivity index (χ3v) is 3.86. The van der Waals surface area contributed by atoms with Crippen LogP contribution in [0.3, 0.4) is 0 Å². The molecule has 28 heavy (non-hydrogen) atoms. The van der Waals surface area contributed by atoms with E-state index in [1.807, 2.05) is 6.92 Å². The summed E-state index contributed by atoms with van der Waals surface area (Å²) in [7, 11) is 0. The number of ether oxygens (including phenoxy) is 1. The molecule has 0 aliphatic rings. The predicted octanol–water partition coefficient (Wildman–Crippen LogP) is 2.93. The molecule has 3 rings (SSSR count). The standard InChI is InChI=1S/C19H19N5O4/c1-3-28-16-7-5-4-6-14(16)23-24-17(11(2)25)18(26)20-12-8-9-13-15(10-12)22-19(27)21-13/h4-10,17H,3H2,1-2H3,(H,20,26)(H2,21,22,27)/b24-23+. The Morgan fingerprint density at radius 1 is 1.14 bits per heavy atom. The van der Waals surface area contributed by atoms with Crippen molar-refractivity contribution in [1.82, 2.24) is 9.97 Å². The summed E-state index contributed by atoms with van der Waals surface area (Å²) >= 11 is 0. The van der Waals surface area contributed by atoms with E-state index in [4.69, 9.17) is 4.74 Å². The molecule has 0 aliphatic carbocycles. The van der Waals surface area contributed by atoms with Gasteiger partial charge >= 0.3 is 5.69 Å². The maximum atomic E-state index is 12.5. The minimum atomic E-state index is -1.31. The van der Waals surface area contributed by atoms with Crippen molar-refractivity contribution < 1.29 is 14.3 Å². The summed E-state index contributed by atoms with van der Waals surface area (Å²) in [6, 6.07) is 10.5. The van der Waals surface area contributed by atoms with Gasteiger partial charge in [0, 0.05) is 5.69 Å². The molecule has 1 heterocycles. The monoisotopic (exact) mass is 381 g/mol. The number of carbonyl (C=O) groups is 2. The number of hydrogen-bond acceptors (Lipinski definition) is 6. The van der Waals surface area contributed by atoms with Gasteiger partial charge in [-0.2, -0.15) is 10.2 Å². The number of para-hydroxylation sites is 1. The fourth-order valence-electron chi connectivity index (χ4n) is 2.58. The van der Waals surface area contributed by atoms with Crippen LogP contribution >= 0.6 is 0 Å². The van der Waals surface area contributed by atoms with E-state index in [0.717, 1.165) is 0 Å². The van der Waals surface area contributed by atoms with Crippen LogP contribution in [0.15, 0.2) is 57.5 Å². The van der Waals surface area contributed by atoms with Gasteiger partial charge in [-0.25, -0.2) is 4.79 Å². The number of benzene rings is 2. The van der Waals surface area contributed by atoms with Crippen LogP contribution in [0, 0.1) is 0 Å². The topological polar surface area (TPSA) is 129 Å². The van der Waals surface area contributed by atoms with Crippen LogP contribution in [-0.2, 0) is 9.59 Å².